The average molecular weight is 252 g/mol. The summed E-state index contributed by atoms with van der Waals surface area (Å²) in [5.74, 6) is 3.26. The summed E-state index contributed by atoms with van der Waals surface area (Å²) in [7, 11) is 2.28. The second kappa shape index (κ2) is 5.92. The number of rotatable bonds is 6. The molecule has 2 fully saturated rings. The number of nitrogens with zero attached hydrogens (tertiary/aromatic N) is 1. The smallest absolute Gasteiger partial charge is 0.0104 e. The SMILES string of the molecule is CN(CCNC(C)(C)C)CCC1CC2CCC1C2. The predicted molar refractivity (Wildman–Crippen MR) is 78.8 cm³/mol. The molecule has 18 heavy (non-hydrogen) atoms. The summed E-state index contributed by atoms with van der Waals surface area (Å²) in [5, 5.41) is 3.57. The third kappa shape index (κ3) is 4.24. The maximum Gasteiger partial charge on any atom is 0.0104 e. The van der Waals surface area contributed by atoms with E-state index in [0.29, 0.717) is 0 Å². The largest absolute Gasteiger partial charge is 0.311 e. The fourth-order valence-corrected chi connectivity index (χ4v) is 3.85. The van der Waals surface area contributed by atoms with Crippen molar-refractivity contribution in [2.75, 3.05) is 26.7 Å². The first kappa shape index (κ1) is 14.3. The van der Waals surface area contributed by atoms with Crippen LogP contribution < -0.4 is 5.32 Å². The van der Waals surface area contributed by atoms with E-state index in [1.54, 1.807) is 12.8 Å². The lowest BCUT2D eigenvalue weighted by Crippen LogP contribution is -2.40. The van der Waals surface area contributed by atoms with Crippen LogP contribution in [0.25, 0.3) is 0 Å². The first-order valence-corrected chi connectivity index (χ1v) is 7.87. The van der Waals surface area contributed by atoms with Crippen LogP contribution >= 0.6 is 0 Å². The van der Waals surface area contributed by atoms with Crippen molar-refractivity contribution in [3.8, 4) is 0 Å². The van der Waals surface area contributed by atoms with Crippen LogP contribution in [0.5, 0.6) is 0 Å². The molecule has 0 aliphatic heterocycles. The molecule has 0 amide bonds. The van der Waals surface area contributed by atoms with E-state index < -0.39 is 0 Å². The summed E-state index contributed by atoms with van der Waals surface area (Å²) in [6.07, 6.45) is 7.60. The quantitative estimate of drug-likeness (QED) is 0.781. The van der Waals surface area contributed by atoms with E-state index >= 15 is 0 Å². The molecule has 3 atom stereocenters. The van der Waals surface area contributed by atoms with Gasteiger partial charge in [-0.1, -0.05) is 6.42 Å². The Labute approximate surface area is 114 Å². The van der Waals surface area contributed by atoms with E-state index in [1.807, 2.05) is 0 Å². The minimum atomic E-state index is 0.255. The maximum absolute atomic E-state index is 3.57. The van der Waals surface area contributed by atoms with Crippen LogP contribution in [0.1, 0.15) is 52.9 Å². The highest BCUT2D eigenvalue weighted by atomic mass is 15.1. The zero-order chi connectivity index (χ0) is 13.2. The van der Waals surface area contributed by atoms with Gasteiger partial charge in [-0.25, -0.2) is 0 Å². The predicted octanol–water partition coefficient (Wildman–Crippen LogP) is 3.13. The Hall–Kier alpha value is -0.0800. The summed E-state index contributed by atoms with van der Waals surface area (Å²) in [6, 6.07) is 0. The summed E-state index contributed by atoms with van der Waals surface area (Å²) < 4.78 is 0. The van der Waals surface area contributed by atoms with E-state index in [-0.39, 0.29) is 5.54 Å². The van der Waals surface area contributed by atoms with E-state index in [9.17, 15) is 0 Å². The molecule has 0 aromatic heterocycles. The highest BCUT2D eigenvalue weighted by Gasteiger charge is 2.38. The van der Waals surface area contributed by atoms with Crippen LogP contribution in [-0.2, 0) is 0 Å². The van der Waals surface area contributed by atoms with E-state index in [2.05, 4.69) is 38.0 Å². The number of hydrogen-bond donors (Lipinski definition) is 1. The zero-order valence-electron chi connectivity index (χ0n) is 12.8. The van der Waals surface area contributed by atoms with Crippen LogP contribution in [-0.4, -0.2) is 37.1 Å². The topological polar surface area (TPSA) is 15.3 Å². The van der Waals surface area contributed by atoms with Gasteiger partial charge >= 0.3 is 0 Å². The van der Waals surface area contributed by atoms with Crippen molar-refractivity contribution in [2.45, 2.75) is 58.4 Å². The van der Waals surface area contributed by atoms with Crippen molar-refractivity contribution in [2.24, 2.45) is 17.8 Å². The van der Waals surface area contributed by atoms with Crippen LogP contribution in [0.2, 0.25) is 0 Å². The highest BCUT2D eigenvalue weighted by molar-refractivity contribution is 4.90. The number of nitrogens with one attached hydrogen (secondary N) is 1. The van der Waals surface area contributed by atoms with E-state index in [4.69, 9.17) is 0 Å². The molecule has 0 saturated heterocycles. The van der Waals surface area contributed by atoms with Crippen molar-refractivity contribution < 1.29 is 0 Å². The van der Waals surface area contributed by atoms with Gasteiger partial charge in [0, 0.05) is 18.6 Å². The van der Waals surface area contributed by atoms with Gasteiger partial charge in [-0.15, -0.1) is 0 Å². The lowest BCUT2D eigenvalue weighted by Gasteiger charge is -2.26. The Bertz CT molecular complexity index is 256. The third-order valence-electron chi connectivity index (χ3n) is 4.92. The van der Waals surface area contributed by atoms with E-state index in [1.165, 1.54) is 32.4 Å². The first-order chi connectivity index (χ1) is 8.44. The minimum absolute atomic E-state index is 0.255. The fraction of sp³-hybridized carbons (Fsp3) is 1.00. The van der Waals surface area contributed by atoms with Crippen LogP contribution in [0.3, 0.4) is 0 Å². The molecule has 1 N–H and O–H groups in total. The second-order valence-electron chi connectivity index (χ2n) is 7.70. The lowest BCUT2D eigenvalue weighted by molar-refractivity contribution is 0.247. The molecule has 106 valence electrons. The van der Waals surface area contributed by atoms with Gasteiger partial charge in [0.05, 0.1) is 0 Å². The summed E-state index contributed by atoms with van der Waals surface area (Å²) in [6.45, 7) is 10.3. The summed E-state index contributed by atoms with van der Waals surface area (Å²) in [5.41, 5.74) is 0.255. The molecular weight excluding hydrogens is 220 g/mol. The van der Waals surface area contributed by atoms with Crippen molar-refractivity contribution in [3.63, 3.8) is 0 Å². The summed E-state index contributed by atoms with van der Waals surface area (Å²) in [4.78, 5) is 2.50. The van der Waals surface area contributed by atoms with Gasteiger partial charge in [-0.05, 0) is 77.8 Å². The number of fused-ring (bicyclic) bond motifs is 2. The van der Waals surface area contributed by atoms with Crippen LogP contribution in [0.15, 0.2) is 0 Å². The minimum Gasteiger partial charge on any atom is -0.311 e. The van der Waals surface area contributed by atoms with Gasteiger partial charge in [0.2, 0.25) is 0 Å². The molecule has 2 aliphatic rings. The maximum atomic E-state index is 3.57. The molecule has 0 radical (unpaired) electrons. The average Bonchev–Trinajstić information content (AvgIpc) is 2.86. The first-order valence-electron chi connectivity index (χ1n) is 7.87. The molecule has 0 aromatic rings. The molecule has 2 rings (SSSR count). The zero-order valence-corrected chi connectivity index (χ0v) is 12.8. The van der Waals surface area contributed by atoms with Gasteiger partial charge in [0.1, 0.15) is 0 Å². The van der Waals surface area contributed by atoms with Crippen LogP contribution in [0, 0.1) is 17.8 Å². The lowest BCUT2D eigenvalue weighted by atomic mass is 9.86. The van der Waals surface area contributed by atoms with Crippen molar-refractivity contribution in [1.82, 2.24) is 10.2 Å². The summed E-state index contributed by atoms with van der Waals surface area (Å²) >= 11 is 0. The molecule has 2 bridgehead atoms. The Morgan fingerprint density at radius 2 is 1.89 bits per heavy atom. The highest BCUT2D eigenvalue weighted by Crippen LogP contribution is 2.49. The number of likely N-dealkylation sites (N-methyl/N-ethyl adjacent to an activating group) is 1. The Balaban J connectivity index is 1.56. The van der Waals surface area contributed by atoms with Crippen molar-refractivity contribution in [3.05, 3.63) is 0 Å². The third-order valence-corrected chi connectivity index (χ3v) is 4.92. The fourth-order valence-electron chi connectivity index (χ4n) is 3.85. The molecule has 0 spiro atoms. The Morgan fingerprint density at radius 1 is 1.11 bits per heavy atom. The monoisotopic (exact) mass is 252 g/mol. The molecule has 0 heterocycles. The molecule has 2 nitrogen and oxygen atoms in total. The molecular formula is C16H32N2. The molecule has 2 aliphatic carbocycles. The van der Waals surface area contributed by atoms with E-state index in [0.717, 1.165) is 24.3 Å². The van der Waals surface area contributed by atoms with Gasteiger partial charge in [-0.2, -0.15) is 0 Å². The second-order valence-corrected chi connectivity index (χ2v) is 7.70. The normalized spacial score (nSPS) is 31.5. The standard InChI is InChI=1S/C16H32N2/c1-16(2,3)17-8-10-18(4)9-7-15-12-13-5-6-14(15)11-13/h13-15,17H,5-12H2,1-4H3. The Kier molecular flexibility index (Phi) is 4.71. The van der Waals surface area contributed by atoms with Crippen molar-refractivity contribution in [1.29, 1.82) is 0 Å². The molecule has 0 aromatic carbocycles. The van der Waals surface area contributed by atoms with Crippen molar-refractivity contribution >= 4 is 0 Å². The number of hydrogen-bond acceptors (Lipinski definition) is 2. The van der Waals surface area contributed by atoms with Gasteiger partial charge < -0.3 is 10.2 Å². The molecule has 2 heteroatoms. The molecule has 3 unspecified atom stereocenters. The molecule has 2 saturated carbocycles. The van der Waals surface area contributed by atoms with Gasteiger partial charge in [0.25, 0.3) is 0 Å². The van der Waals surface area contributed by atoms with Gasteiger partial charge in [-0.3, -0.25) is 0 Å². The van der Waals surface area contributed by atoms with Crippen LogP contribution in [0.4, 0.5) is 0 Å². The van der Waals surface area contributed by atoms with Gasteiger partial charge in [0.15, 0.2) is 0 Å². The Morgan fingerprint density at radius 3 is 2.44 bits per heavy atom.